The van der Waals surface area contributed by atoms with Crippen molar-refractivity contribution in [3.8, 4) is 17.2 Å². The number of hydrogen-bond acceptors (Lipinski definition) is 7. The van der Waals surface area contributed by atoms with E-state index in [4.69, 9.17) is 25.8 Å². The van der Waals surface area contributed by atoms with Gasteiger partial charge in [0.2, 0.25) is 0 Å². The average molecular weight is 471 g/mol. The van der Waals surface area contributed by atoms with E-state index in [0.29, 0.717) is 34.4 Å². The summed E-state index contributed by atoms with van der Waals surface area (Å²) in [6, 6.07) is 16.6. The van der Waals surface area contributed by atoms with Crippen LogP contribution in [0.25, 0.3) is 0 Å². The van der Waals surface area contributed by atoms with Gasteiger partial charge in [-0.2, -0.15) is 0 Å². The number of hydrogen-bond donors (Lipinski definition) is 1. The highest BCUT2D eigenvalue weighted by molar-refractivity contribution is 6.32. The Morgan fingerprint density at radius 1 is 1.00 bits per heavy atom. The molecule has 0 saturated carbocycles. The number of halogens is 1. The Bertz CT molecular complexity index is 1150. The summed E-state index contributed by atoms with van der Waals surface area (Å²) in [5.74, 6) is 0.712. The Morgan fingerprint density at radius 2 is 1.67 bits per heavy atom. The maximum atomic E-state index is 12.0. The number of amides is 1. The van der Waals surface area contributed by atoms with Crippen LogP contribution >= 0.6 is 11.6 Å². The van der Waals surface area contributed by atoms with Crippen LogP contribution in [-0.2, 0) is 16.0 Å². The molecule has 0 heterocycles. The fraction of sp³-hybridized carbons (Fsp3) is 0.130. The van der Waals surface area contributed by atoms with Gasteiger partial charge in [-0.05, 0) is 61.0 Å². The number of rotatable bonds is 8. The molecule has 0 saturated heterocycles. The number of benzene rings is 3. The molecule has 0 aliphatic carbocycles. The third kappa shape index (κ3) is 6.94. The van der Waals surface area contributed by atoms with Crippen LogP contribution in [-0.4, -0.2) is 23.6 Å². The molecule has 0 aliphatic rings. The van der Waals surface area contributed by atoms with Crippen LogP contribution in [0.1, 0.15) is 12.5 Å². The van der Waals surface area contributed by atoms with Crippen LogP contribution in [0.4, 0.5) is 16.2 Å². The molecule has 3 aromatic rings. The Kier molecular flexibility index (Phi) is 7.82. The number of esters is 1. The second kappa shape index (κ2) is 11.0. The largest absolute Gasteiger partial charge is 0.466 e. The van der Waals surface area contributed by atoms with Gasteiger partial charge in [-0.25, -0.2) is 4.79 Å². The van der Waals surface area contributed by atoms with Gasteiger partial charge in [0.05, 0.1) is 23.0 Å². The Balaban J connectivity index is 1.56. The van der Waals surface area contributed by atoms with Gasteiger partial charge in [-0.15, -0.1) is 0 Å². The van der Waals surface area contributed by atoms with E-state index >= 15 is 0 Å². The van der Waals surface area contributed by atoms with Crippen molar-refractivity contribution in [3.63, 3.8) is 0 Å². The first kappa shape index (κ1) is 23.6. The molecular formula is C23H19ClN2O7. The van der Waals surface area contributed by atoms with E-state index < -0.39 is 11.0 Å². The number of anilines is 1. The molecule has 0 aliphatic heterocycles. The number of nitro groups is 1. The van der Waals surface area contributed by atoms with E-state index in [1.165, 1.54) is 24.3 Å². The van der Waals surface area contributed by atoms with E-state index in [0.717, 1.165) is 0 Å². The molecule has 0 fully saturated rings. The zero-order chi connectivity index (χ0) is 23.8. The van der Waals surface area contributed by atoms with Crippen molar-refractivity contribution in [2.45, 2.75) is 13.3 Å². The molecule has 170 valence electrons. The number of ether oxygens (including phenoxy) is 3. The van der Waals surface area contributed by atoms with Crippen molar-refractivity contribution in [3.05, 3.63) is 87.4 Å². The summed E-state index contributed by atoms with van der Waals surface area (Å²) in [6.45, 7) is 2.05. The average Bonchev–Trinajstić information content (AvgIpc) is 2.77. The van der Waals surface area contributed by atoms with E-state index in [1.54, 1.807) is 49.4 Å². The third-order valence-electron chi connectivity index (χ3n) is 4.24. The predicted octanol–water partition coefficient (Wildman–Crippen LogP) is 5.76. The third-order valence-corrected chi connectivity index (χ3v) is 4.53. The Morgan fingerprint density at radius 3 is 2.27 bits per heavy atom. The first-order valence-corrected chi connectivity index (χ1v) is 10.2. The maximum Gasteiger partial charge on any atom is 0.417 e. The van der Waals surface area contributed by atoms with Gasteiger partial charge in [0.25, 0.3) is 5.69 Å². The van der Waals surface area contributed by atoms with Gasteiger partial charge in [0.1, 0.15) is 17.2 Å². The van der Waals surface area contributed by atoms with Crippen molar-refractivity contribution >= 4 is 35.0 Å². The summed E-state index contributed by atoms with van der Waals surface area (Å²) >= 11 is 6.26. The van der Waals surface area contributed by atoms with Crippen LogP contribution in [0.15, 0.2) is 66.7 Å². The van der Waals surface area contributed by atoms with Crippen LogP contribution < -0.4 is 14.8 Å². The van der Waals surface area contributed by atoms with E-state index in [1.807, 2.05) is 0 Å². The zero-order valence-electron chi connectivity index (χ0n) is 17.4. The Hall–Kier alpha value is -4.11. The van der Waals surface area contributed by atoms with Crippen molar-refractivity contribution in [1.82, 2.24) is 0 Å². The molecule has 3 aromatic carbocycles. The van der Waals surface area contributed by atoms with E-state index in [2.05, 4.69) is 5.32 Å². The second-order valence-corrected chi connectivity index (χ2v) is 7.05. The first-order valence-electron chi connectivity index (χ1n) is 9.79. The lowest BCUT2D eigenvalue weighted by atomic mass is 10.1. The van der Waals surface area contributed by atoms with Crippen molar-refractivity contribution in [2.24, 2.45) is 0 Å². The highest BCUT2D eigenvalue weighted by Crippen LogP contribution is 2.31. The number of carbonyl (C=O) groups excluding carboxylic acids is 2. The zero-order valence-corrected chi connectivity index (χ0v) is 18.2. The molecule has 9 nitrogen and oxygen atoms in total. The molecule has 0 unspecified atom stereocenters. The number of nitrogens with zero attached hydrogens (tertiary/aromatic N) is 1. The molecule has 10 heteroatoms. The minimum absolute atomic E-state index is 0.105. The van der Waals surface area contributed by atoms with Crippen LogP contribution in [0.3, 0.4) is 0 Å². The monoisotopic (exact) mass is 470 g/mol. The number of carbonyl (C=O) groups is 2. The molecule has 0 aromatic heterocycles. The lowest BCUT2D eigenvalue weighted by Crippen LogP contribution is -2.16. The minimum atomic E-state index is -0.752. The van der Waals surface area contributed by atoms with Crippen LogP contribution in [0, 0.1) is 10.1 Å². The van der Waals surface area contributed by atoms with Crippen molar-refractivity contribution in [2.75, 3.05) is 11.9 Å². The van der Waals surface area contributed by atoms with Crippen LogP contribution in [0.2, 0.25) is 5.02 Å². The van der Waals surface area contributed by atoms with Gasteiger partial charge >= 0.3 is 12.1 Å². The lowest BCUT2D eigenvalue weighted by Gasteiger charge is -2.10. The molecule has 0 atom stereocenters. The summed E-state index contributed by atoms with van der Waals surface area (Å²) in [5, 5.41) is 13.5. The van der Waals surface area contributed by atoms with Crippen molar-refractivity contribution < 1.29 is 28.7 Å². The summed E-state index contributed by atoms with van der Waals surface area (Å²) < 4.78 is 15.8. The molecule has 33 heavy (non-hydrogen) atoms. The highest BCUT2D eigenvalue weighted by Gasteiger charge is 2.11. The summed E-state index contributed by atoms with van der Waals surface area (Å²) in [4.78, 5) is 33.7. The van der Waals surface area contributed by atoms with Gasteiger partial charge in [-0.1, -0.05) is 17.7 Å². The second-order valence-electron chi connectivity index (χ2n) is 6.64. The standard InChI is InChI=1S/C23H19ClN2O7/c1-2-31-22(27)14-15-3-12-21(20(24)13-15)32-18-8-4-16(5-9-18)25-23(28)33-19-10-6-17(7-11-19)26(29)30/h3-13H,2,14H2,1H3,(H,25,28). The van der Waals surface area contributed by atoms with E-state index in [9.17, 15) is 19.7 Å². The molecule has 1 amide bonds. The molecule has 0 radical (unpaired) electrons. The SMILES string of the molecule is CCOC(=O)Cc1ccc(Oc2ccc(NC(=O)Oc3ccc([N+](=O)[O-])cc3)cc2)c(Cl)c1. The lowest BCUT2D eigenvalue weighted by molar-refractivity contribution is -0.384. The quantitative estimate of drug-likeness (QED) is 0.253. The van der Waals surface area contributed by atoms with E-state index in [-0.39, 0.29) is 23.8 Å². The predicted molar refractivity (Wildman–Crippen MR) is 121 cm³/mol. The molecular weight excluding hydrogens is 452 g/mol. The highest BCUT2D eigenvalue weighted by atomic mass is 35.5. The molecule has 1 N–H and O–H groups in total. The number of non-ortho nitro benzene ring substituents is 1. The van der Waals surface area contributed by atoms with Crippen LogP contribution in [0.5, 0.6) is 17.2 Å². The minimum Gasteiger partial charge on any atom is -0.466 e. The molecule has 3 rings (SSSR count). The van der Waals surface area contributed by atoms with Crippen molar-refractivity contribution in [1.29, 1.82) is 0 Å². The summed E-state index contributed by atoms with van der Waals surface area (Å²) in [7, 11) is 0. The van der Waals surface area contributed by atoms with Gasteiger partial charge < -0.3 is 14.2 Å². The number of nitrogens with one attached hydrogen (secondary N) is 1. The molecule has 0 spiro atoms. The maximum absolute atomic E-state index is 12.0. The normalized spacial score (nSPS) is 10.2. The van der Waals surface area contributed by atoms with Gasteiger partial charge in [0, 0.05) is 17.8 Å². The smallest absolute Gasteiger partial charge is 0.417 e. The summed E-state index contributed by atoms with van der Waals surface area (Å²) in [6.07, 6.45) is -0.637. The topological polar surface area (TPSA) is 117 Å². The first-order chi connectivity index (χ1) is 15.8. The number of nitro benzene ring substituents is 1. The van der Waals surface area contributed by atoms with Gasteiger partial charge in [-0.3, -0.25) is 20.2 Å². The van der Waals surface area contributed by atoms with Gasteiger partial charge in [0.15, 0.2) is 0 Å². The fourth-order valence-corrected chi connectivity index (χ4v) is 2.98. The Labute approximate surface area is 194 Å². The summed E-state index contributed by atoms with van der Waals surface area (Å²) in [5.41, 5.74) is 1.05. The fourth-order valence-electron chi connectivity index (χ4n) is 2.74. The molecule has 0 bridgehead atoms.